The smallest absolute Gasteiger partial charge is 0.134 e. The van der Waals surface area contributed by atoms with E-state index in [0.29, 0.717) is 11.8 Å². The summed E-state index contributed by atoms with van der Waals surface area (Å²) < 4.78 is 0. The van der Waals surface area contributed by atoms with Crippen molar-refractivity contribution in [2.45, 2.75) is 25.6 Å². The van der Waals surface area contributed by atoms with Crippen LogP contribution in [0.15, 0.2) is 18.3 Å². The predicted molar refractivity (Wildman–Crippen MR) is 64.6 cm³/mol. The van der Waals surface area contributed by atoms with Crippen LogP contribution in [0.5, 0.6) is 0 Å². The highest BCUT2D eigenvalue weighted by molar-refractivity contribution is 5.47. The summed E-state index contributed by atoms with van der Waals surface area (Å²) in [7, 11) is 0. The number of anilines is 1. The number of aliphatic hydroxyl groups is 2. The molecule has 2 heterocycles. The van der Waals surface area contributed by atoms with Gasteiger partial charge < -0.3 is 15.1 Å². The molecule has 1 aliphatic carbocycles. The minimum absolute atomic E-state index is 0.0254. The van der Waals surface area contributed by atoms with E-state index in [9.17, 15) is 10.2 Å². The quantitative estimate of drug-likeness (QED) is 0.794. The molecule has 0 amide bonds. The van der Waals surface area contributed by atoms with Gasteiger partial charge in [-0.25, -0.2) is 4.98 Å². The summed E-state index contributed by atoms with van der Waals surface area (Å²) in [5, 5.41) is 19.2. The van der Waals surface area contributed by atoms with Crippen molar-refractivity contribution in [2.75, 3.05) is 18.0 Å². The van der Waals surface area contributed by atoms with E-state index < -0.39 is 0 Å². The number of fused-ring (bicyclic) bond motifs is 1. The first-order chi connectivity index (χ1) is 8.29. The number of pyridine rings is 1. The number of hydrogen-bond donors (Lipinski definition) is 2. The molecule has 0 spiro atoms. The summed E-state index contributed by atoms with van der Waals surface area (Å²) in [5.41, 5.74) is 0.877. The lowest BCUT2D eigenvalue weighted by atomic mass is 10.00. The summed E-state index contributed by atoms with van der Waals surface area (Å²) in [6.45, 7) is 1.86. The van der Waals surface area contributed by atoms with Crippen molar-refractivity contribution in [3.05, 3.63) is 23.9 Å². The van der Waals surface area contributed by atoms with Gasteiger partial charge in [-0.3, -0.25) is 0 Å². The lowest BCUT2D eigenvalue weighted by molar-refractivity contribution is 0.133. The standard InChI is InChI=1S/C13H18N2O2/c16-8-10-2-1-5-14-13(10)15-6-9-3-4-12(17)11(9)7-15/h1-2,5,9,11-12,16-17H,3-4,6-8H2. The molecule has 2 N–H and O–H groups in total. The highest BCUT2D eigenvalue weighted by Crippen LogP contribution is 2.39. The molecule has 1 aromatic rings. The van der Waals surface area contributed by atoms with Crippen LogP contribution in [0.25, 0.3) is 0 Å². The van der Waals surface area contributed by atoms with Gasteiger partial charge in [-0.2, -0.15) is 0 Å². The number of aromatic nitrogens is 1. The Kier molecular flexibility index (Phi) is 2.76. The van der Waals surface area contributed by atoms with E-state index in [2.05, 4.69) is 9.88 Å². The molecule has 3 atom stereocenters. The second kappa shape index (κ2) is 4.27. The Bertz CT molecular complexity index is 410. The normalized spacial score (nSPS) is 31.9. The number of hydrogen-bond acceptors (Lipinski definition) is 4. The van der Waals surface area contributed by atoms with Crippen molar-refractivity contribution in [3.63, 3.8) is 0 Å². The molecule has 92 valence electrons. The van der Waals surface area contributed by atoms with Gasteiger partial charge in [-0.1, -0.05) is 6.07 Å². The van der Waals surface area contributed by atoms with Crippen LogP contribution >= 0.6 is 0 Å². The van der Waals surface area contributed by atoms with E-state index in [0.717, 1.165) is 37.3 Å². The molecule has 2 fully saturated rings. The summed E-state index contributed by atoms with van der Waals surface area (Å²) in [4.78, 5) is 6.58. The van der Waals surface area contributed by atoms with Crippen LogP contribution in [0, 0.1) is 11.8 Å². The molecule has 1 aromatic heterocycles. The van der Waals surface area contributed by atoms with Gasteiger partial charge in [0, 0.05) is 30.8 Å². The zero-order valence-corrected chi connectivity index (χ0v) is 9.79. The fourth-order valence-corrected chi connectivity index (χ4v) is 3.25. The molecule has 1 saturated heterocycles. The van der Waals surface area contributed by atoms with E-state index in [1.165, 1.54) is 0 Å². The van der Waals surface area contributed by atoms with Gasteiger partial charge in [0.15, 0.2) is 0 Å². The number of aliphatic hydroxyl groups excluding tert-OH is 2. The van der Waals surface area contributed by atoms with Crippen LogP contribution in [-0.2, 0) is 6.61 Å². The molecular formula is C13H18N2O2. The van der Waals surface area contributed by atoms with Crippen molar-refractivity contribution >= 4 is 5.82 Å². The Morgan fingerprint density at radius 2 is 2.24 bits per heavy atom. The van der Waals surface area contributed by atoms with Crippen LogP contribution in [-0.4, -0.2) is 34.4 Å². The zero-order valence-electron chi connectivity index (χ0n) is 9.79. The lowest BCUT2D eigenvalue weighted by Gasteiger charge is -2.21. The summed E-state index contributed by atoms with van der Waals surface area (Å²) in [5.74, 6) is 1.87. The second-order valence-corrected chi connectivity index (χ2v) is 5.12. The molecule has 0 aromatic carbocycles. The molecule has 17 heavy (non-hydrogen) atoms. The molecule has 1 aliphatic heterocycles. The average Bonchev–Trinajstić information content (AvgIpc) is 2.92. The molecule has 1 saturated carbocycles. The Morgan fingerprint density at radius 1 is 1.35 bits per heavy atom. The number of rotatable bonds is 2. The first-order valence-electron chi connectivity index (χ1n) is 6.27. The maximum atomic E-state index is 9.89. The van der Waals surface area contributed by atoms with E-state index in [1.807, 2.05) is 12.1 Å². The van der Waals surface area contributed by atoms with Crippen molar-refractivity contribution in [1.82, 2.24) is 4.98 Å². The van der Waals surface area contributed by atoms with Crippen molar-refractivity contribution in [1.29, 1.82) is 0 Å². The molecule has 3 rings (SSSR count). The first-order valence-corrected chi connectivity index (χ1v) is 6.27. The molecule has 0 bridgehead atoms. The maximum Gasteiger partial charge on any atom is 0.134 e. The van der Waals surface area contributed by atoms with E-state index in [1.54, 1.807) is 6.20 Å². The van der Waals surface area contributed by atoms with Gasteiger partial charge in [0.25, 0.3) is 0 Å². The molecule has 2 aliphatic rings. The van der Waals surface area contributed by atoms with Crippen LogP contribution in [0.1, 0.15) is 18.4 Å². The van der Waals surface area contributed by atoms with Gasteiger partial charge in [0.2, 0.25) is 0 Å². The highest BCUT2D eigenvalue weighted by atomic mass is 16.3. The third-order valence-electron chi connectivity index (χ3n) is 4.16. The minimum atomic E-state index is -0.147. The van der Waals surface area contributed by atoms with E-state index in [4.69, 9.17) is 0 Å². The molecule has 3 unspecified atom stereocenters. The SMILES string of the molecule is OCc1cccnc1N1CC2CCC(O)C2C1. The highest BCUT2D eigenvalue weighted by Gasteiger charge is 2.42. The molecular weight excluding hydrogens is 216 g/mol. The molecule has 4 nitrogen and oxygen atoms in total. The summed E-state index contributed by atoms with van der Waals surface area (Å²) in [6.07, 6.45) is 3.67. The van der Waals surface area contributed by atoms with Gasteiger partial charge in [0.1, 0.15) is 5.82 Å². The monoisotopic (exact) mass is 234 g/mol. The third-order valence-corrected chi connectivity index (χ3v) is 4.16. The fraction of sp³-hybridized carbons (Fsp3) is 0.615. The average molecular weight is 234 g/mol. The van der Waals surface area contributed by atoms with Gasteiger partial charge in [-0.15, -0.1) is 0 Å². The van der Waals surface area contributed by atoms with Crippen molar-refractivity contribution < 1.29 is 10.2 Å². The minimum Gasteiger partial charge on any atom is -0.393 e. The zero-order chi connectivity index (χ0) is 11.8. The van der Waals surface area contributed by atoms with Crippen molar-refractivity contribution in [3.8, 4) is 0 Å². The van der Waals surface area contributed by atoms with E-state index >= 15 is 0 Å². The van der Waals surface area contributed by atoms with Gasteiger partial charge in [0.05, 0.1) is 12.7 Å². The Labute approximate surface area is 101 Å². The second-order valence-electron chi connectivity index (χ2n) is 5.12. The van der Waals surface area contributed by atoms with Crippen LogP contribution in [0.4, 0.5) is 5.82 Å². The largest absolute Gasteiger partial charge is 0.393 e. The molecule has 4 heteroatoms. The van der Waals surface area contributed by atoms with Crippen LogP contribution < -0.4 is 4.90 Å². The van der Waals surface area contributed by atoms with E-state index in [-0.39, 0.29) is 12.7 Å². The summed E-state index contributed by atoms with van der Waals surface area (Å²) >= 11 is 0. The van der Waals surface area contributed by atoms with Crippen LogP contribution in [0.2, 0.25) is 0 Å². The van der Waals surface area contributed by atoms with Crippen molar-refractivity contribution in [2.24, 2.45) is 11.8 Å². The predicted octanol–water partition coefficient (Wildman–Crippen LogP) is 0.781. The Balaban J connectivity index is 1.82. The third kappa shape index (κ3) is 1.81. The molecule has 0 radical (unpaired) electrons. The fourth-order valence-electron chi connectivity index (χ4n) is 3.25. The van der Waals surface area contributed by atoms with Gasteiger partial charge in [-0.05, 0) is 24.8 Å². The lowest BCUT2D eigenvalue weighted by Crippen LogP contribution is -2.26. The number of nitrogens with zero attached hydrogens (tertiary/aromatic N) is 2. The van der Waals surface area contributed by atoms with Crippen LogP contribution in [0.3, 0.4) is 0 Å². The van der Waals surface area contributed by atoms with Gasteiger partial charge >= 0.3 is 0 Å². The summed E-state index contributed by atoms with van der Waals surface area (Å²) in [6, 6.07) is 3.76. The topological polar surface area (TPSA) is 56.6 Å². The Hall–Kier alpha value is -1.13. The Morgan fingerprint density at radius 3 is 3.00 bits per heavy atom. The first kappa shape index (κ1) is 11.0. The maximum absolute atomic E-state index is 9.89.